The van der Waals surface area contributed by atoms with Crippen molar-refractivity contribution in [3.8, 4) is 0 Å². The molecule has 0 radical (unpaired) electrons. The highest BCUT2D eigenvalue weighted by Crippen LogP contribution is 2.28. The van der Waals surface area contributed by atoms with Crippen LogP contribution in [-0.4, -0.2) is 34.6 Å². The first-order valence-corrected chi connectivity index (χ1v) is 8.41. The molecule has 1 aromatic heterocycles. The molecule has 3 nitrogen and oxygen atoms in total. The normalized spacial score (nSPS) is 20.0. The third-order valence-corrected chi connectivity index (χ3v) is 4.74. The summed E-state index contributed by atoms with van der Waals surface area (Å²) >= 11 is 0. The van der Waals surface area contributed by atoms with Gasteiger partial charge in [-0.2, -0.15) is 0 Å². The summed E-state index contributed by atoms with van der Waals surface area (Å²) in [6, 6.07) is 5.42. The molecule has 1 N–H and O–H groups in total. The summed E-state index contributed by atoms with van der Waals surface area (Å²) in [5.74, 6) is 0.685. The number of aromatic nitrogens is 1. The minimum absolute atomic E-state index is 0.186. The molecule has 0 bridgehead atoms. The Hall–Kier alpha value is -1.68. The van der Waals surface area contributed by atoms with Crippen LogP contribution < -0.4 is 5.32 Å². The molecular weight excluding hydrogens is 289 g/mol. The molecule has 1 fully saturated rings. The number of rotatable bonds is 2. The fraction of sp³-hybridized carbons (Fsp3) is 0.526. The van der Waals surface area contributed by atoms with Crippen LogP contribution in [0.2, 0.25) is 0 Å². The molecule has 1 aliphatic rings. The molecular formula is C19H26FN3. The zero-order valence-electron chi connectivity index (χ0n) is 14.5. The minimum Gasteiger partial charge on any atom is -0.366 e. The Balaban J connectivity index is 1.87. The Bertz CT molecular complexity index is 706. The van der Waals surface area contributed by atoms with Gasteiger partial charge in [-0.05, 0) is 76.2 Å². The smallest absolute Gasteiger partial charge is 0.134 e. The Morgan fingerprint density at radius 3 is 2.83 bits per heavy atom. The van der Waals surface area contributed by atoms with Crippen molar-refractivity contribution in [3.63, 3.8) is 0 Å². The van der Waals surface area contributed by atoms with Gasteiger partial charge in [0.25, 0.3) is 0 Å². The molecule has 0 saturated carbocycles. The molecule has 124 valence electrons. The summed E-state index contributed by atoms with van der Waals surface area (Å²) in [6.45, 7) is 10.9. The number of fused-ring (bicyclic) bond motifs is 1. The van der Waals surface area contributed by atoms with Crippen LogP contribution in [0, 0.1) is 12.7 Å². The van der Waals surface area contributed by atoms with Gasteiger partial charge in [-0.1, -0.05) is 0 Å². The molecule has 1 aliphatic heterocycles. The second-order valence-corrected chi connectivity index (χ2v) is 7.58. The summed E-state index contributed by atoms with van der Waals surface area (Å²) < 4.78 is 13.6. The van der Waals surface area contributed by atoms with Gasteiger partial charge in [-0.15, -0.1) is 0 Å². The summed E-state index contributed by atoms with van der Waals surface area (Å²) in [4.78, 5) is 7.05. The van der Waals surface area contributed by atoms with Crippen LogP contribution in [-0.2, 0) is 0 Å². The highest BCUT2D eigenvalue weighted by atomic mass is 19.1. The third-order valence-electron chi connectivity index (χ3n) is 4.74. The van der Waals surface area contributed by atoms with Gasteiger partial charge < -0.3 is 5.32 Å². The van der Waals surface area contributed by atoms with Gasteiger partial charge in [0, 0.05) is 29.7 Å². The van der Waals surface area contributed by atoms with Gasteiger partial charge >= 0.3 is 0 Å². The van der Waals surface area contributed by atoms with E-state index < -0.39 is 0 Å². The van der Waals surface area contributed by atoms with Crippen LogP contribution in [0.4, 0.5) is 10.2 Å². The second kappa shape index (κ2) is 6.08. The largest absolute Gasteiger partial charge is 0.366 e. The zero-order valence-corrected chi connectivity index (χ0v) is 14.5. The van der Waals surface area contributed by atoms with E-state index in [9.17, 15) is 4.39 Å². The number of hydrogen-bond donors (Lipinski definition) is 1. The third kappa shape index (κ3) is 3.47. The highest BCUT2D eigenvalue weighted by molar-refractivity contribution is 5.94. The number of anilines is 1. The maximum absolute atomic E-state index is 13.6. The highest BCUT2D eigenvalue weighted by Gasteiger charge is 2.28. The number of likely N-dealkylation sites (tertiary alicyclic amines) is 1. The number of aryl methyl sites for hydroxylation is 1. The van der Waals surface area contributed by atoms with E-state index in [1.54, 1.807) is 18.3 Å². The van der Waals surface area contributed by atoms with Gasteiger partial charge in [0.15, 0.2) is 0 Å². The van der Waals surface area contributed by atoms with E-state index >= 15 is 0 Å². The molecule has 4 heteroatoms. The minimum atomic E-state index is -0.191. The van der Waals surface area contributed by atoms with Gasteiger partial charge in [0.1, 0.15) is 11.6 Å². The number of hydrogen-bond acceptors (Lipinski definition) is 3. The van der Waals surface area contributed by atoms with Crippen LogP contribution in [0.5, 0.6) is 0 Å². The first kappa shape index (κ1) is 16.2. The van der Waals surface area contributed by atoms with E-state index in [0.717, 1.165) is 41.7 Å². The molecule has 23 heavy (non-hydrogen) atoms. The van der Waals surface area contributed by atoms with E-state index in [-0.39, 0.29) is 11.4 Å². The number of benzene rings is 1. The van der Waals surface area contributed by atoms with Crippen LogP contribution >= 0.6 is 0 Å². The zero-order chi connectivity index (χ0) is 16.6. The first-order valence-electron chi connectivity index (χ1n) is 8.41. The van der Waals surface area contributed by atoms with Crippen LogP contribution in [0.25, 0.3) is 10.8 Å². The molecule has 0 spiro atoms. The van der Waals surface area contributed by atoms with Gasteiger partial charge in [0.05, 0.1) is 0 Å². The Morgan fingerprint density at radius 2 is 2.09 bits per heavy atom. The van der Waals surface area contributed by atoms with Crippen molar-refractivity contribution in [1.29, 1.82) is 0 Å². The average molecular weight is 315 g/mol. The van der Waals surface area contributed by atoms with Gasteiger partial charge in [-0.25, -0.2) is 9.37 Å². The maximum atomic E-state index is 13.6. The summed E-state index contributed by atoms with van der Waals surface area (Å²) in [5, 5.41) is 5.55. The summed E-state index contributed by atoms with van der Waals surface area (Å²) in [7, 11) is 0. The monoisotopic (exact) mass is 315 g/mol. The van der Waals surface area contributed by atoms with Crippen LogP contribution in [0.1, 0.15) is 39.2 Å². The van der Waals surface area contributed by atoms with Crippen molar-refractivity contribution in [2.24, 2.45) is 0 Å². The van der Waals surface area contributed by atoms with E-state index in [1.165, 1.54) is 6.42 Å². The molecule has 1 saturated heterocycles. The summed E-state index contributed by atoms with van der Waals surface area (Å²) in [6.07, 6.45) is 4.09. The maximum Gasteiger partial charge on any atom is 0.134 e. The van der Waals surface area contributed by atoms with Crippen molar-refractivity contribution in [1.82, 2.24) is 9.88 Å². The molecule has 0 aliphatic carbocycles. The fourth-order valence-electron chi connectivity index (χ4n) is 3.49. The SMILES string of the molecule is Cc1cc(F)cc2ccnc(N[C@@H]3CCCN(C(C)(C)C)C3)c12. The quantitative estimate of drug-likeness (QED) is 0.892. The van der Waals surface area contributed by atoms with Crippen molar-refractivity contribution < 1.29 is 4.39 Å². The lowest BCUT2D eigenvalue weighted by atomic mass is 9.98. The lowest BCUT2D eigenvalue weighted by molar-refractivity contribution is 0.104. The summed E-state index contributed by atoms with van der Waals surface area (Å²) in [5.41, 5.74) is 1.12. The van der Waals surface area contributed by atoms with E-state index in [4.69, 9.17) is 0 Å². The lowest BCUT2D eigenvalue weighted by Gasteiger charge is -2.42. The van der Waals surface area contributed by atoms with E-state index in [1.807, 2.05) is 13.0 Å². The van der Waals surface area contributed by atoms with Crippen molar-refractivity contribution in [3.05, 3.63) is 35.8 Å². The van der Waals surface area contributed by atoms with E-state index in [0.29, 0.717) is 6.04 Å². The number of halogens is 1. The number of nitrogens with one attached hydrogen (secondary N) is 1. The molecule has 1 atom stereocenters. The van der Waals surface area contributed by atoms with Crippen molar-refractivity contribution in [2.45, 2.75) is 52.1 Å². The van der Waals surface area contributed by atoms with Crippen molar-refractivity contribution >= 4 is 16.6 Å². The van der Waals surface area contributed by atoms with Gasteiger partial charge in [-0.3, -0.25) is 4.90 Å². The lowest BCUT2D eigenvalue weighted by Crippen LogP contribution is -2.50. The average Bonchev–Trinajstić information content (AvgIpc) is 2.46. The first-order chi connectivity index (χ1) is 10.8. The Kier molecular flexibility index (Phi) is 4.28. The molecule has 2 heterocycles. The van der Waals surface area contributed by atoms with E-state index in [2.05, 4.69) is 36.0 Å². The topological polar surface area (TPSA) is 28.2 Å². The molecule has 3 rings (SSSR count). The molecule has 0 amide bonds. The molecule has 2 aromatic rings. The number of pyridine rings is 1. The fourth-order valence-corrected chi connectivity index (χ4v) is 3.49. The van der Waals surface area contributed by atoms with Crippen LogP contribution in [0.3, 0.4) is 0 Å². The van der Waals surface area contributed by atoms with Gasteiger partial charge in [0.2, 0.25) is 0 Å². The number of nitrogens with zero attached hydrogens (tertiary/aromatic N) is 2. The second-order valence-electron chi connectivity index (χ2n) is 7.58. The predicted octanol–water partition coefficient (Wildman–Crippen LogP) is 4.36. The number of piperidine rings is 1. The molecule has 0 unspecified atom stereocenters. The van der Waals surface area contributed by atoms with Crippen LogP contribution in [0.15, 0.2) is 24.4 Å². The molecule has 1 aromatic carbocycles. The standard InChI is InChI=1S/C19H26FN3/c1-13-10-15(20)11-14-7-8-21-18(17(13)14)22-16-6-5-9-23(12-16)19(2,3)4/h7-8,10-11,16H,5-6,9,12H2,1-4H3,(H,21,22)/t16-/m1/s1. The Labute approximate surface area is 137 Å². The Morgan fingerprint density at radius 1 is 1.30 bits per heavy atom. The predicted molar refractivity (Wildman–Crippen MR) is 94.4 cm³/mol. The van der Waals surface area contributed by atoms with Crippen molar-refractivity contribution in [2.75, 3.05) is 18.4 Å².